The third-order valence-electron chi connectivity index (χ3n) is 14.4. The molecule has 2 bridgehead atoms. The number of aromatic amines is 1. The number of amides is 1. The van der Waals surface area contributed by atoms with E-state index in [0.717, 1.165) is 12.0 Å². The van der Waals surface area contributed by atoms with Gasteiger partial charge < -0.3 is 39.8 Å². The number of esters is 1. The van der Waals surface area contributed by atoms with E-state index in [4.69, 9.17) is 25.8 Å². The van der Waals surface area contributed by atoms with E-state index in [0.29, 0.717) is 32.1 Å². The molecule has 0 radical (unpaired) electrons. The third kappa shape index (κ3) is 6.81. The number of carbonyl (C=O) groups excluding carboxylic acids is 3. The van der Waals surface area contributed by atoms with Crippen LogP contribution in [0.1, 0.15) is 103 Å². The lowest BCUT2D eigenvalue weighted by molar-refractivity contribution is -0.258. The Morgan fingerprint density at radius 1 is 1.12 bits per heavy atom. The lowest BCUT2D eigenvalue weighted by Gasteiger charge is -2.55. The van der Waals surface area contributed by atoms with E-state index in [1.54, 1.807) is 32.2 Å². The van der Waals surface area contributed by atoms with Gasteiger partial charge in [-0.25, -0.2) is 9.59 Å². The van der Waals surface area contributed by atoms with Gasteiger partial charge in [0, 0.05) is 35.9 Å². The molecule has 2 aliphatic heterocycles. The number of halogens is 1. The summed E-state index contributed by atoms with van der Waals surface area (Å²) in [6, 6.07) is 0.863. The Bertz CT molecular complexity index is 1990. The second kappa shape index (κ2) is 15.9. The molecule has 0 aromatic carbocycles. The van der Waals surface area contributed by atoms with Crippen molar-refractivity contribution in [2.45, 2.75) is 129 Å². The van der Waals surface area contributed by atoms with Crippen LogP contribution in [0.5, 0.6) is 0 Å². The Hall–Kier alpha value is -3.97. The zero-order valence-corrected chi connectivity index (χ0v) is 34.9. The number of hydrogen-bond donors (Lipinski definition) is 5. The minimum absolute atomic E-state index is 0.0169. The van der Waals surface area contributed by atoms with E-state index in [-0.39, 0.29) is 64.1 Å². The average Bonchev–Trinajstić information content (AvgIpc) is 3.72. The number of aliphatic hydroxyl groups excluding tert-OH is 2. The summed E-state index contributed by atoms with van der Waals surface area (Å²) in [5.41, 5.74) is -3.16. The van der Waals surface area contributed by atoms with Crippen molar-refractivity contribution >= 4 is 35.2 Å². The lowest BCUT2D eigenvalue weighted by atomic mass is 9.51. The molecule has 7 rings (SSSR count). The minimum atomic E-state index is -1.74. The maximum atomic E-state index is 15.1. The number of rotatable bonds is 7. The Balaban J connectivity index is 1.24. The number of H-pyrrole nitrogens is 1. The highest BCUT2D eigenvalue weighted by Crippen LogP contribution is 2.61. The van der Waals surface area contributed by atoms with Crippen molar-refractivity contribution in [1.29, 1.82) is 0 Å². The summed E-state index contributed by atoms with van der Waals surface area (Å²) < 4.78 is 19.4. The average molecular weight is 821 g/mol. The summed E-state index contributed by atoms with van der Waals surface area (Å²) in [5, 5.41) is 37.5. The molecule has 6 aliphatic rings. The predicted octanol–water partition coefficient (Wildman–Crippen LogP) is 7.31. The van der Waals surface area contributed by atoms with E-state index >= 15 is 4.79 Å². The number of aliphatic hydroxyl groups is 2. The van der Waals surface area contributed by atoms with Crippen molar-refractivity contribution in [3.8, 4) is 0 Å². The third-order valence-corrected chi connectivity index (χ3v) is 14.7. The Morgan fingerprint density at radius 2 is 1.88 bits per heavy atom. The Kier molecular flexibility index (Phi) is 11.6. The first-order valence-electron chi connectivity index (χ1n) is 20.8. The van der Waals surface area contributed by atoms with Gasteiger partial charge in [0.05, 0.1) is 34.8 Å². The highest BCUT2D eigenvalue weighted by molar-refractivity contribution is 6.33. The Morgan fingerprint density at radius 3 is 2.53 bits per heavy atom. The van der Waals surface area contributed by atoms with Crippen LogP contribution >= 0.6 is 11.6 Å². The summed E-state index contributed by atoms with van der Waals surface area (Å²) in [6.45, 7) is 11.4. The standard InChI is InChI=1S/C45H57ClN2O10/c1-7-26-21-45-39(51)34(42(55)58-45)38(50)44(8-2)27(12-10-9-11-23(3)20-43(45,6)22-29(26)41(53)54)14-15-28-30(44)16-13-24(4)37(28)57-33-19-32(49)35(25(5)56-33)48-40(52)36-31(46)17-18-47-36/h9-10,14-15,17-18,20,22,24-28,30,32-33,35,37,47,49-50H,7-8,11-13,16,19,21H2,1-6H3,(H,48,52)(H,53,54)/b10-9+,23-20+,38-34-/t24-,25+,26-,27+,28-,30+,32+,33-,35+,37-,43-,44+,45+/m0/s1. The van der Waals surface area contributed by atoms with E-state index in [2.05, 4.69) is 41.5 Å². The van der Waals surface area contributed by atoms with Gasteiger partial charge >= 0.3 is 11.9 Å². The maximum absolute atomic E-state index is 15.1. The first kappa shape index (κ1) is 42.2. The molecule has 1 aromatic rings. The number of ether oxygens (including phenoxy) is 3. The molecule has 3 fully saturated rings. The van der Waals surface area contributed by atoms with Crippen LogP contribution in [0.15, 0.2) is 71.2 Å². The smallest absolute Gasteiger partial charge is 0.346 e. The summed E-state index contributed by atoms with van der Waals surface area (Å²) in [6.07, 6.45) is 14.1. The largest absolute Gasteiger partial charge is 0.511 e. The number of carbonyl (C=O) groups is 4. The molecule has 4 aliphatic carbocycles. The number of aliphatic carboxylic acids is 1. The number of nitrogens with one attached hydrogen (secondary N) is 2. The molecule has 1 aromatic heterocycles. The minimum Gasteiger partial charge on any atom is -0.511 e. The number of aromatic nitrogens is 1. The molecule has 314 valence electrons. The zero-order chi connectivity index (χ0) is 41.9. The fourth-order valence-corrected chi connectivity index (χ4v) is 11.5. The molecule has 1 spiro atoms. The number of carboxylic acid groups (broad SMARTS) is 1. The summed E-state index contributed by atoms with van der Waals surface area (Å²) in [7, 11) is 0. The number of hydrogen-bond acceptors (Lipinski definition) is 9. The lowest BCUT2D eigenvalue weighted by Crippen LogP contribution is -2.58. The van der Waals surface area contributed by atoms with Crippen LogP contribution in [0.3, 0.4) is 0 Å². The molecule has 13 atom stereocenters. The monoisotopic (exact) mass is 820 g/mol. The fraction of sp³-hybridized carbons (Fsp3) is 0.600. The van der Waals surface area contributed by atoms with Gasteiger partial charge in [-0.2, -0.15) is 0 Å². The molecular weight excluding hydrogens is 764 g/mol. The zero-order valence-electron chi connectivity index (χ0n) is 34.1. The summed E-state index contributed by atoms with van der Waals surface area (Å²) in [5.74, 6) is -4.56. The predicted molar refractivity (Wildman–Crippen MR) is 215 cm³/mol. The van der Waals surface area contributed by atoms with Crippen molar-refractivity contribution in [2.24, 2.45) is 40.4 Å². The molecule has 1 amide bonds. The molecule has 5 N–H and O–H groups in total. The second-order valence-electron chi connectivity index (χ2n) is 17.7. The molecule has 3 heterocycles. The molecule has 0 unspecified atom stereocenters. The molecule has 2 saturated heterocycles. The van der Waals surface area contributed by atoms with E-state index < -0.39 is 76.6 Å². The van der Waals surface area contributed by atoms with Gasteiger partial charge in [0.25, 0.3) is 5.91 Å². The van der Waals surface area contributed by atoms with E-state index in [1.807, 2.05) is 26.8 Å². The fourth-order valence-electron chi connectivity index (χ4n) is 11.3. The van der Waals surface area contributed by atoms with Gasteiger partial charge in [-0.05, 0) is 89.0 Å². The van der Waals surface area contributed by atoms with Crippen molar-refractivity contribution in [3.63, 3.8) is 0 Å². The van der Waals surface area contributed by atoms with Crippen LogP contribution in [0.2, 0.25) is 5.02 Å². The first-order valence-corrected chi connectivity index (χ1v) is 21.2. The SMILES string of the molecule is CC[C@H]1C[C@]23OC(=O)/C(=C(\O)[C@@]4(CC)[C@@H]5CC[C@H](C)[C@H](O[C@H]6C[C@@H](O)[C@H](NC(=O)c7[nH]ccc7Cl)[C@@H](C)O6)[C@H]5C=C[C@H]4C/C=C/C/C(C)=C/[C@@]2(C)C=C1C(=O)O)C3=O. The topological polar surface area (TPSA) is 184 Å². The van der Waals surface area contributed by atoms with Crippen LogP contribution < -0.4 is 5.32 Å². The van der Waals surface area contributed by atoms with E-state index in [9.17, 15) is 29.7 Å². The molecule has 12 nitrogen and oxygen atoms in total. The number of fused-ring (bicyclic) bond motifs is 4. The van der Waals surface area contributed by atoms with Crippen molar-refractivity contribution in [3.05, 3.63) is 81.9 Å². The van der Waals surface area contributed by atoms with Gasteiger partial charge in [0.1, 0.15) is 17.0 Å². The van der Waals surface area contributed by atoms with Crippen LogP contribution in [0.25, 0.3) is 0 Å². The molecular formula is C45H57ClN2O10. The quantitative estimate of drug-likeness (QED) is 0.106. The molecule has 58 heavy (non-hydrogen) atoms. The number of ketones is 1. The van der Waals surface area contributed by atoms with Crippen molar-refractivity contribution < 1.29 is 48.7 Å². The van der Waals surface area contributed by atoms with Gasteiger partial charge in [-0.1, -0.05) is 74.4 Å². The molecule has 1 saturated carbocycles. The maximum Gasteiger partial charge on any atom is 0.346 e. The number of allylic oxidation sites excluding steroid dienone is 5. The van der Waals surface area contributed by atoms with Crippen LogP contribution in [0.4, 0.5) is 0 Å². The van der Waals surface area contributed by atoms with Crippen LogP contribution in [-0.2, 0) is 28.6 Å². The highest BCUT2D eigenvalue weighted by Gasteiger charge is 2.67. The number of carboxylic acids is 1. The van der Waals surface area contributed by atoms with Gasteiger partial charge in [0.15, 0.2) is 11.9 Å². The number of Topliss-reactive ketones (excluding diaryl/α,β-unsaturated/α-hetero) is 1. The van der Waals surface area contributed by atoms with Crippen LogP contribution in [0, 0.1) is 40.4 Å². The van der Waals surface area contributed by atoms with Gasteiger partial charge in [-0.3, -0.25) is 9.59 Å². The Labute approximate surface area is 344 Å². The van der Waals surface area contributed by atoms with Crippen molar-refractivity contribution in [2.75, 3.05) is 0 Å². The summed E-state index contributed by atoms with van der Waals surface area (Å²) in [4.78, 5) is 57.7. The molecule has 13 heteroatoms. The highest BCUT2D eigenvalue weighted by atomic mass is 35.5. The normalized spacial score (nSPS) is 42.8. The second-order valence-corrected chi connectivity index (χ2v) is 18.1. The van der Waals surface area contributed by atoms with Gasteiger partial charge in [-0.15, -0.1) is 0 Å². The van der Waals surface area contributed by atoms with Crippen molar-refractivity contribution in [1.82, 2.24) is 10.3 Å². The summed E-state index contributed by atoms with van der Waals surface area (Å²) >= 11 is 6.15. The van der Waals surface area contributed by atoms with Crippen LogP contribution in [-0.4, -0.2) is 80.2 Å². The first-order chi connectivity index (χ1) is 27.5. The van der Waals surface area contributed by atoms with Gasteiger partial charge in [0.2, 0.25) is 5.78 Å². The van der Waals surface area contributed by atoms with E-state index in [1.165, 1.54) is 0 Å².